The second-order valence-corrected chi connectivity index (χ2v) is 9.65. The van der Waals surface area contributed by atoms with Crippen molar-refractivity contribution in [2.24, 2.45) is 5.92 Å². The predicted octanol–water partition coefficient (Wildman–Crippen LogP) is 2.00. The molecule has 3 rings (SSSR count). The predicted molar refractivity (Wildman–Crippen MR) is 106 cm³/mol. The lowest BCUT2D eigenvalue weighted by Crippen LogP contribution is -2.48. The number of piperidine rings is 2. The minimum absolute atomic E-state index is 0.0846. The molecular weight excluding hydrogens is 362 g/mol. The maximum Gasteiger partial charge on any atom is 0.243 e. The van der Waals surface area contributed by atoms with Gasteiger partial charge in [0.05, 0.1) is 4.90 Å². The van der Waals surface area contributed by atoms with Crippen molar-refractivity contribution in [2.45, 2.75) is 50.5 Å². The number of likely N-dealkylation sites (tertiary alicyclic amines) is 1. The van der Waals surface area contributed by atoms with Crippen LogP contribution in [-0.2, 0) is 14.8 Å². The molecule has 6 nitrogen and oxygen atoms in total. The standard InChI is InChI=1S/C20H31N3O3S/c1-3-22-12-10-18(11-13-22)21-20(24)17-8-14-23(15-9-17)27(25,26)19-6-4-16(2)5-7-19/h4-7,17-18H,3,8-15H2,1-2H3,(H,21,24). The van der Waals surface area contributed by atoms with Gasteiger partial charge in [0.2, 0.25) is 15.9 Å². The Balaban J connectivity index is 1.51. The van der Waals surface area contributed by atoms with Gasteiger partial charge in [-0.05, 0) is 51.3 Å². The van der Waals surface area contributed by atoms with Crippen LogP contribution in [0.4, 0.5) is 0 Å². The van der Waals surface area contributed by atoms with Gasteiger partial charge in [-0.2, -0.15) is 4.31 Å². The van der Waals surface area contributed by atoms with Crippen LogP contribution in [-0.4, -0.2) is 62.3 Å². The number of carbonyl (C=O) groups excluding carboxylic acids is 1. The van der Waals surface area contributed by atoms with Gasteiger partial charge in [0.15, 0.2) is 0 Å². The van der Waals surface area contributed by atoms with Gasteiger partial charge >= 0.3 is 0 Å². The Morgan fingerprint density at radius 2 is 1.63 bits per heavy atom. The van der Waals surface area contributed by atoms with Gasteiger partial charge in [-0.25, -0.2) is 8.42 Å². The zero-order chi connectivity index (χ0) is 19.4. The molecule has 2 heterocycles. The van der Waals surface area contributed by atoms with E-state index in [1.807, 2.05) is 19.1 Å². The highest BCUT2D eigenvalue weighted by Crippen LogP contribution is 2.24. The number of sulfonamides is 1. The Morgan fingerprint density at radius 3 is 2.19 bits per heavy atom. The summed E-state index contributed by atoms with van der Waals surface area (Å²) in [6.45, 7) is 8.05. The second kappa shape index (κ2) is 8.71. The molecule has 0 saturated carbocycles. The molecule has 1 aromatic rings. The molecule has 0 bridgehead atoms. The van der Waals surface area contributed by atoms with E-state index in [1.165, 1.54) is 4.31 Å². The zero-order valence-electron chi connectivity index (χ0n) is 16.4. The first kappa shape index (κ1) is 20.3. The number of amides is 1. The van der Waals surface area contributed by atoms with Crippen LogP contribution in [0, 0.1) is 12.8 Å². The number of aryl methyl sites for hydroxylation is 1. The third-order valence-electron chi connectivity index (χ3n) is 5.86. The molecule has 1 amide bonds. The van der Waals surface area contributed by atoms with Gasteiger partial charge in [-0.1, -0.05) is 24.6 Å². The van der Waals surface area contributed by atoms with E-state index in [0.717, 1.165) is 38.0 Å². The molecule has 0 unspecified atom stereocenters. The summed E-state index contributed by atoms with van der Waals surface area (Å²) < 4.78 is 27.1. The fraction of sp³-hybridized carbons (Fsp3) is 0.650. The van der Waals surface area contributed by atoms with Crippen molar-refractivity contribution in [2.75, 3.05) is 32.7 Å². The van der Waals surface area contributed by atoms with Crippen molar-refractivity contribution in [1.82, 2.24) is 14.5 Å². The van der Waals surface area contributed by atoms with Crippen molar-refractivity contribution < 1.29 is 13.2 Å². The number of rotatable bonds is 5. The van der Waals surface area contributed by atoms with Crippen LogP contribution in [0.25, 0.3) is 0 Å². The van der Waals surface area contributed by atoms with Crippen molar-refractivity contribution in [3.63, 3.8) is 0 Å². The van der Waals surface area contributed by atoms with Crippen molar-refractivity contribution in [3.05, 3.63) is 29.8 Å². The smallest absolute Gasteiger partial charge is 0.243 e. The SMILES string of the molecule is CCN1CCC(NC(=O)C2CCN(S(=O)(=O)c3ccc(C)cc3)CC2)CC1. The van der Waals surface area contributed by atoms with Crippen LogP contribution in [0.1, 0.15) is 38.2 Å². The summed E-state index contributed by atoms with van der Waals surface area (Å²) >= 11 is 0. The summed E-state index contributed by atoms with van der Waals surface area (Å²) in [7, 11) is -3.47. The Bertz CT molecular complexity index is 732. The molecular formula is C20H31N3O3S. The number of benzene rings is 1. The van der Waals surface area contributed by atoms with E-state index in [0.29, 0.717) is 30.8 Å². The van der Waals surface area contributed by atoms with Crippen molar-refractivity contribution in [3.8, 4) is 0 Å². The zero-order valence-corrected chi connectivity index (χ0v) is 17.2. The molecule has 0 aromatic heterocycles. The number of hydrogen-bond acceptors (Lipinski definition) is 4. The molecule has 1 N–H and O–H groups in total. The minimum Gasteiger partial charge on any atom is -0.353 e. The highest BCUT2D eigenvalue weighted by Gasteiger charge is 2.33. The first-order valence-corrected chi connectivity index (χ1v) is 11.4. The quantitative estimate of drug-likeness (QED) is 0.831. The van der Waals surface area contributed by atoms with Gasteiger partial charge < -0.3 is 10.2 Å². The largest absolute Gasteiger partial charge is 0.353 e. The molecule has 2 fully saturated rings. The average molecular weight is 394 g/mol. The van der Waals surface area contributed by atoms with Gasteiger partial charge in [0.25, 0.3) is 0 Å². The van der Waals surface area contributed by atoms with E-state index in [2.05, 4.69) is 17.1 Å². The third-order valence-corrected chi connectivity index (χ3v) is 7.78. The van der Waals surface area contributed by atoms with E-state index < -0.39 is 10.0 Å². The number of nitrogens with one attached hydrogen (secondary N) is 1. The molecule has 2 saturated heterocycles. The van der Waals surface area contributed by atoms with Crippen LogP contribution in [0.2, 0.25) is 0 Å². The fourth-order valence-corrected chi connectivity index (χ4v) is 5.40. The van der Waals surface area contributed by atoms with Crippen molar-refractivity contribution >= 4 is 15.9 Å². The van der Waals surface area contributed by atoms with Crippen LogP contribution >= 0.6 is 0 Å². The van der Waals surface area contributed by atoms with E-state index in [9.17, 15) is 13.2 Å². The fourth-order valence-electron chi connectivity index (χ4n) is 3.93. The monoisotopic (exact) mass is 393 g/mol. The summed E-state index contributed by atoms with van der Waals surface area (Å²) in [5, 5.41) is 3.19. The van der Waals surface area contributed by atoms with Gasteiger partial charge in [0, 0.05) is 38.1 Å². The highest BCUT2D eigenvalue weighted by molar-refractivity contribution is 7.89. The first-order valence-electron chi connectivity index (χ1n) is 9.99. The van der Waals surface area contributed by atoms with E-state index >= 15 is 0 Å². The molecule has 2 aliphatic heterocycles. The van der Waals surface area contributed by atoms with Crippen LogP contribution in [0.3, 0.4) is 0 Å². The van der Waals surface area contributed by atoms with Gasteiger partial charge in [-0.3, -0.25) is 4.79 Å². The molecule has 150 valence electrons. The van der Waals surface area contributed by atoms with E-state index in [1.54, 1.807) is 12.1 Å². The molecule has 7 heteroatoms. The Labute approximate surface area is 163 Å². The maximum absolute atomic E-state index is 12.8. The van der Waals surface area contributed by atoms with Crippen LogP contribution < -0.4 is 5.32 Å². The molecule has 0 spiro atoms. The Hall–Kier alpha value is -1.44. The van der Waals surface area contributed by atoms with Gasteiger partial charge in [0.1, 0.15) is 0 Å². The summed E-state index contributed by atoms with van der Waals surface area (Å²) in [5.41, 5.74) is 1.04. The Morgan fingerprint density at radius 1 is 1.04 bits per heavy atom. The topological polar surface area (TPSA) is 69.7 Å². The molecule has 0 aliphatic carbocycles. The lowest BCUT2D eigenvalue weighted by molar-refractivity contribution is -0.127. The molecule has 0 radical (unpaired) electrons. The van der Waals surface area contributed by atoms with Crippen LogP contribution in [0.15, 0.2) is 29.2 Å². The van der Waals surface area contributed by atoms with Crippen LogP contribution in [0.5, 0.6) is 0 Å². The maximum atomic E-state index is 12.8. The Kier molecular flexibility index (Phi) is 6.55. The third kappa shape index (κ3) is 4.89. The first-order chi connectivity index (χ1) is 12.9. The molecule has 2 aliphatic rings. The average Bonchev–Trinajstić information content (AvgIpc) is 2.69. The number of hydrogen-bond donors (Lipinski definition) is 1. The summed E-state index contributed by atoms with van der Waals surface area (Å²) in [5.74, 6) is 0.0102. The summed E-state index contributed by atoms with van der Waals surface area (Å²) in [6.07, 6.45) is 3.18. The second-order valence-electron chi connectivity index (χ2n) is 7.71. The normalized spacial score (nSPS) is 21.3. The van der Waals surface area contributed by atoms with Gasteiger partial charge in [-0.15, -0.1) is 0 Å². The molecule has 0 atom stereocenters. The van der Waals surface area contributed by atoms with E-state index in [4.69, 9.17) is 0 Å². The summed E-state index contributed by atoms with van der Waals surface area (Å²) in [6, 6.07) is 7.21. The molecule has 27 heavy (non-hydrogen) atoms. The molecule has 1 aromatic carbocycles. The lowest BCUT2D eigenvalue weighted by atomic mass is 9.96. The summed E-state index contributed by atoms with van der Waals surface area (Å²) in [4.78, 5) is 15.3. The number of carbonyl (C=O) groups is 1. The van der Waals surface area contributed by atoms with E-state index in [-0.39, 0.29) is 17.9 Å². The highest BCUT2D eigenvalue weighted by atomic mass is 32.2. The van der Waals surface area contributed by atoms with Crippen molar-refractivity contribution in [1.29, 1.82) is 0 Å². The minimum atomic E-state index is -3.47. The lowest BCUT2D eigenvalue weighted by Gasteiger charge is -2.34. The number of nitrogens with zero attached hydrogens (tertiary/aromatic N) is 2.